The maximum atomic E-state index is 14.7. The lowest BCUT2D eigenvalue weighted by Gasteiger charge is -2.64. The molecule has 9 unspecified atom stereocenters. The quantitative estimate of drug-likeness (QED) is 0.0603. The molecule has 1 saturated heterocycles. The van der Waals surface area contributed by atoms with Gasteiger partial charge in [0.25, 0.3) is 11.8 Å². The van der Waals surface area contributed by atoms with Crippen molar-refractivity contribution in [2.45, 2.75) is 147 Å². The Morgan fingerprint density at radius 3 is 2.30 bits per heavy atom. The van der Waals surface area contributed by atoms with Gasteiger partial charge in [0, 0.05) is 12.6 Å². The fourth-order valence-electron chi connectivity index (χ4n) is 11.0. The number of hydrogen-bond donors (Lipinski definition) is 7. The normalized spacial score (nSPS) is 26.2. The van der Waals surface area contributed by atoms with Gasteiger partial charge in [-0.1, -0.05) is 76.1 Å². The van der Waals surface area contributed by atoms with Crippen LogP contribution in [0.15, 0.2) is 66.7 Å². The summed E-state index contributed by atoms with van der Waals surface area (Å²) < 4.78 is 18.5. The lowest BCUT2D eigenvalue weighted by Crippen LogP contribution is -2.65. The minimum absolute atomic E-state index is 0.123. The van der Waals surface area contributed by atoms with Crippen molar-refractivity contribution in [3.8, 4) is 16.9 Å². The van der Waals surface area contributed by atoms with Crippen molar-refractivity contribution in [1.29, 1.82) is 0 Å². The SMILES string of the molecule is CCCCc1ccc(-c2ccc(C(=O)NC(CCCCN)C(=O)N(C)C3C(=O)NC(N)C(=O)NC(C(=O)NC(N)B4OC5CC6CC(C6(C)C)C5(C)O4)CCCCc4cc3ccc4OC)cc2)cc1. The van der Waals surface area contributed by atoms with Crippen LogP contribution in [0.1, 0.15) is 125 Å². The topological polar surface area (TPSA) is 242 Å². The van der Waals surface area contributed by atoms with E-state index in [4.69, 9.17) is 31.2 Å². The molecule has 0 spiro atoms. The molecule has 16 nitrogen and oxygen atoms in total. The number of amides is 5. The number of hydrogen-bond acceptors (Lipinski definition) is 11. The molecule has 3 saturated carbocycles. The van der Waals surface area contributed by atoms with Crippen LogP contribution in [0.3, 0.4) is 0 Å². The van der Waals surface area contributed by atoms with E-state index in [-0.39, 0.29) is 24.4 Å². The molecule has 3 aromatic carbocycles. The lowest BCUT2D eigenvalue weighted by molar-refractivity contribution is -0.199. The summed E-state index contributed by atoms with van der Waals surface area (Å²) >= 11 is 0. The van der Waals surface area contributed by atoms with E-state index in [1.165, 1.54) is 17.5 Å². The van der Waals surface area contributed by atoms with Crippen LogP contribution in [0.4, 0.5) is 0 Å². The molecule has 2 heterocycles. The first-order chi connectivity index (χ1) is 33.0. The molecule has 69 heavy (non-hydrogen) atoms. The van der Waals surface area contributed by atoms with Crippen LogP contribution in [0, 0.1) is 17.3 Å². The number of aryl methyl sites for hydroxylation is 2. The van der Waals surface area contributed by atoms with E-state index < -0.39 is 72.6 Å². The maximum Gasteiger partial charge on any atom is 0.497 e. The van der Waals surface area contributed by atoms with Crippen molar-refractivity contribution in [1.82, 2.24) is 26.2 Å². The molecule has 0 aromatic heterocycles. The van der Waals surface area contributed by atoms with Gasteiger partial charge < -0.3 is 57.4 Å². The van der Waals surface area contributed by atoms with E-state index in [1.54, 1.807) is 37.4 Å². The number of nitrogens with one attached hydrogen (secondary N) is 4. The number of fused-ring (bicyclic) bond motifs is 2. The van der Waals surface area contributed by atoms with Gasteiger partial charge in [0.2, 0.25) is 17.7 Å². The third-order valence-electron chi connectivity index (χ3n) is 15.4. The van der Waals surface area contributed by atoms with E-state index in [1.807, 2.05) is 12.1 Å². The van der Waals surface area contributed by atoms with E-state index in [0.29, 0.717) is 67.4 Å². The highest BCUT2D eigenvalue weighted by Crippen LogP contribution is 2.65. The van der Waals surface area contributed by atoms with Gasteiger partial charge in [-0.05, 0) is 147 Å². The summed E-state index contributed by atoms with van der Waals surface area (Å²) in [4.78, 5) is 71.9. The van der Waals surface area contributed by atoms with Crippen molar-refractivity contribution in [3.05, 3.63) is 89.0 Å². The molecule has 17 heteroatoms. The van der Waals surface area contributed by atoms with Crippen LogP contribution < -0.4 is 43.2 Å². The third kappa shape index (κ3) is 11.3. The molecule has 5 aliphatic rings. The van der Waals surface area contributed by atoms with Gasteiger partial charge >= 0.3 is 7.12 Å². The zero-order chi connectivity index (χ0) is 49.6. The summed E-state index contributed by atoms with van der Waals surface area (Å²) in [5.74, 6) is -1.68. The Kier molecular flexibility index (Phi) is 16.6. The fourth-order valence-corrected chi connectivity index (χ4v) is 11.0. The second kappa shape index (κ2) is 22.2. The summed E-state index contributed by atoms with van der Waals surface area (Å²) in [7, 11) is 2.16. The molecular weight excluding hydrogens is 875 g/mol. The van der Waals surface area contributed by atoms with E-state index in [2.05, 4.69) is 73.2 Å². The molecule has 4 fully saturated rings. The summed E-state index contributed by atoms with van der Waals surface area (Å²) in [6, 6.07) is 16.4. The zero-order valence-corrected chi connectivity index (χ0v) is 41.2. The summed E-state index contributed by atoms with van der Waals surface area (Å²) in [6.07, 6.45) is 6.67. The standard InChI is InChI=1S/C52H73BN8O8/c1-7-8-13-31-17-19-32(20-18-31)33-21-23-34(24-22-33)45(62)58-39(16-11-12-27-54)49(66)61(5)43-36-25-26-40(67-6)35(28-36)14-9-10-15-38(57-48(65)44(55)59-47(43)64)46(63)60-50(56)53-68-42-30-37-29-41(51(37,2)3)52(42,4)69-53/h17-26,28,37-39,41-44,50H,7-16,27,29-30,54-56H2,1-6H3,(H,57,65)(H,58,62)(H,59,64)(H,60,63). The molecule has 2 aliphatic heterocycles. The van der Waals surface area contributed by atoms with Crippen LogP contribution in [0.2, 0.25) is 0 Å². The Labute approximate surface area is 407 Å². The van der Waals surface area contributed by atoms with Gasteiger partial charge in [0.1, 0.15) is 29.9 Å². The van der Waals surface area contributed by atoms with Gasteiger partial charge in [0.05, 0.1) is 18.8 Å². The highest BCUT2D eigenvalue weighted by Gasteiger charge is 2.68. The summed E-state index contributed by atoms with van der Waals surface area (Å²) in [5, 5.41) is 11.1. The molecule has 5 amide bonds. The van der Waals surface area contributed by atoms with Crippen LogP contribution in [-0.4, -0.2) is 98.3 Å². The van der Waals surface area contributed by atoms with Crippen molar-refractivity contribution >= 4 is 36.7 Å². The first-order valence-electron chi connectivity index (χ1n) is 24.9. The number of nitrogens with zero attached hydrogens (tertiary/aromatic N) is 1. The molecule has 9 atom stereocenters. The Morgan fingerprint density at radius 2 is 1.64 bits per heavy atom. The second-order valence-electron chi connectivity index (χ2n) is 20.3. The minimum Gasteiger partial charge on any atom is -0.496 e. The Balaban J connectivity index is 1.06. The molecule has 0 radical (unpaired) electrons. The number of carbonyl (C=O) groups is 5. The van der Waals surface area contributed by atoms with Gasteiger partial charge in [-0.25, -0.2) is 0 Å². The largest absolute Gasteiger partial charge is 0.497 e. The highest BCUT2D eigenvalue weighted by atomic mass is 16.7. The Hall–Kier alpha value is -5.33. The first-order valence-corrected chi connectivity index (χ1v) is 24.9. The fraction of sp³-hybridized carbons (Fsp3) is 0.558. The number of nitrogens with two attached hydrogens (primary N) is 3. The molecule has 4 bridgehead atoms. The van der Waals surface area contributed by atoms with E-state index in [9.17, 15) is 24.0 Å². The highest BCUT2D eigenvalue weighted by molar-refractivity contribution is 6.47. The second-order valence-corrected chi connectivity index (χ2v) is 20.3. The predicted molar refractivity (Wildman–Crippen MR) is 265 cm³/mol. The molecule has 3 aromatic rings. The Morgan fingerprint density at radius 1 is 0.928 bits per heavy atom. The van der Waals surface area contributed by atoms with Crippen LogP contribution in [0.5, 0.6) is 5.75 Å². The van der Waals surface area contributed by atoms with Crippen molar-refractivity contribution in [3.63, 3.8) is 0 Å². The number of ether oxygens (including phenoxy) is 1. The Bertz CT molecular complexity index is 2320. The van der Waals surface area contributed by atoms with Crippen LogP contribution >= 0.6 is 0 Å². The molecule has 372 valence electrons. The van der Waals surface area contributed by atoms with Crippen molar-refractivity contribution in [2.24, 2.45) is 34.5 Å². The molecule has 3 aliphatic carbocycles. The summed E-state index contributed by atoms with van der Waals surface area (Å²) in [5.41, 5.74) is 23.2. The van der Waals surface area contributed by atoms with Crippen LogP contribution in [0.25, 0.3) is 11.1 Å². The minimum atomic E-state index is -1.62. The first kappa shape index (κ1) is 51.5. The lowest BCUT2D eigenvalue weighted by atomic mass is 9.43. The van der Waals surface area contributed by atoms with Gasteiger partial charge in [-0.3, -0.25) is 24.0 Å². The number of benzene rings is 3. The van der Waals surface area contributed by atoms with Gasteiger partial charge in [-0.15, -0.1) is 0 Å². The summed E-state index contributed by atoms with van der Waals surface area (Å²) in [6.45, 7) is 9.16. The molecule has 10 N–H and O–H groups in total. The monoisotopic (exact) mass is 949 g/mol. The average molecular weight is 949 g/mol. The number of unbranched alkanes of at least 4 members (excludes halogenated alkanes) is 2. The van der Waals surface area contributed by atoms with Crippen LogP contribution in [-0.2, 0) is 41.3 Å². The molecular formula is C52H73BN8O8. The number of methoxy groups -OCH3 is 1. The van der Waals surface area contributed by atoms with E-state index in [0.717, 1.165) is 48.8 Å². The number of carbonyl (C=O) groups excluding carboxylic acids is 5. The smallest absolute Gasteiger partial charge is 0.496 e. The number of rotatable bonds is 16. The van der Waals surface area contributed by atoms with E-state index >= 15 is 0 Å². The van der Waals surface area contributed by atoms with Gasteiger partial charge in [0.15, 0.2) is 6.17 Å². The third-order valence-corrected chi connectivity index (χ3v) is 15.4. The number of likely N-dealkylation sites (N-methyl/N-ethyl adjacent to an activating group) is 1. The van der Waals surface area contributed by atoms with Crippen molar-refractivity contribution in [2.75, 3.05) is 20.7 Å². The van der Waals surface area contributed by atoms with Gasteiger partial charge in [-0.2, -0.15) is 0 Å². The predicted octanol–water partition coefficient (Wildman–Crippen LogP) is 4.41. The zero-order valence-electron chi connectivity index (χ0n) is 41.2. The average Bonchev–Trinajstić information content (AvgIpc) is 3.71. The molecule has 8 rings (SSSR count). The maximum absolute atomic E-state index is 14.7. The van der Waals surface area contributed by atoms with Crippen molar-refractivity contribution < 1.29 is 38.0 Å².